The summed E-state index contributed by atoms with van der Waals surface area (Å²) in [6.07, 6.45) is 0. The van der Waals surface area contributed by atoms with E-state index in [0.29, 0.717) is 12.3 Å². The van der Waals surface area contributed by atoms with E-state index in [9.17, 15) is 0 Å². The molecule has 2 aromatic rings. The second-order valence-corrected chi connectivity index (χ2v) is 5.10. The maximum absolute atomic E-state index is 5.79. The summed E-state index contributed by atoms with van der Waals surface area (Å²) in [4.78, 5) is 0. The number of nitrogen functional groups attached to an aromatic ring is 1. The molecule has 0 aliphatic carbocycles. The van der Waals surface area contributed by atoms with Crippen LogP contribution < -0.4 is 15.2 Å². The van der Waals surface area contributed by atoms with E-state index in [2.05, 4.69) is 22.6 Å². The molecule has 0 saturated carbocycles. The van der Waals surface area contributed by atoms with Gasteiger partial charge in [-0.2, -0.15) is 0 Å². The molecule has 94 valence electrons. The van der Waals surface area contributed by atoms with Crippen molar-refractivity contribution in [3.8, 4) is 11.5 Å². The average molecular weight is 355 g/mol. The molecule has 2 aromatic carbocycles. The Bertz CT molecular complexity index is 526. The van der Waals surface area contributed by atoms with Gasteiger partial charge in [-0.15, -0.1) is 0 Å². The Morgan fingerprint density at radius 2 is 1.78 bits per heavy atom. The summed E-state index contributed by atoms with van der Waals surface area (Å²) in [6.45, 7) is 0.474. The quantitative estimate of drug-likeness (QED) is 0.675. The van der Waals surface area contributed by atoms with Crippen LogP contribution in [-0.4, -0.2) is 7.11 Å². The van der Waals surface area contributed by atoms with Gasteiger partial charge in [0.25, 0.3) is 0 Å². The Labute approximate surface area is 120 Å². The molecule has 0 fully saturated rings. The van der Waals surface area contributed by atoms with Gasteiger partial charge >= 0.3 is 0 Å². The highest BCUT2D eigenvalue weighted by molar-refractivity contribution is 14.1. The molecule has 0 aliphatic rings. The molecule has 0 atom stereocenters. The van der Waals surface area contributed by atoms with Crippen LogP contribution in [-0.2, 0) is 6.61 Å². The van der Waals surface area contributed by atoms with Crippen LogP contribution in [0.15, 0.2) is 42.5 Å². The number of ether oxygens (including phenoxy) is 2. The normalized spacial score (nSPS) is 10.1. The summed E-state index contributed by atoms with van der Waals surface area (Å²) in [5.41, 5.74) is 7.45. The first kappa shape index (κ1) is 13.0. The van der Waals surface area contributed by atoms with E-state index < -0.39 is 0 Å². The Kier molecular flexibility index (Phi) is 4.30. The lowest BCUT2D eigenvalue weighted by Gasteiger charge is -2.09. The molecule has 0 heterocycles. The highest BCUT2D eigenvalue weighted by atomic mass is 127. The van der Waals surface area contributed by atoms with E-state index in [4.69, 9.17) is 15.2 Å². The summed E-state index contributed by atoms with van der Waals surface area (Å²) < 4.78 is 12.0. The van der Waals surface area contributed by atoms with Gasteiger partial charge in [0.1, 0.15) is 18.1 Å². The number of nitrogens with two attached hydrogens (primary N) is 1. The van der Waals surface area contributed by atoms with Crippen LogP contribution in [0.4, 0.5) is 5.69 Å². The van der Waals surface area contributed by atoms with Crippen LogP contribution >= 0.6 is 22.6 Å². The summed E-state index contributed by atoms with van der Waals surface area (Å²) >= 11 is 2.26. The van der Waals surface area contributed by atoms with Gasteiger partial charge in [-0.05, 0) is 64.6 Å². The van der Waals surface area contributed by atoms with Crippen LogP contribution in [0, 0.1) is 3.57 Å². The molecule has 0 aliphatic heterocycles. The van der Waals surface area contributed by atoms with Crippen molar-refractivity contribution in [3.63, 3.8) is 0 Å². The van der Waals surface area contributed by atoms with Crippen LogP contribution in [0.1, 0.15) is 5.56 Å². The van der Waals surface area contributed by atoms with Gasteiger partial charge in [-0.25, -0.2) is 0 Å². The van der Waals surface area contributed by atoms with Crippen LogP contribution in [0.25, 0.3) is 0 Å². The minimum absolute atomic E-state index is 0.474. The third-order valence-corrected chi connectivity index (χ3v) is 3.16. The van der Waals surface area contributed by atoms with Crippen LogP contribution in [0.5, 0.6) is 11.5 Å². The second-order valence-electron chi connectivity index (χ2n) is 3.86. The van der Waals surface area contributed by atoms with Crippen molar-refractivity contribution in [1.29, 1.82) is 0 Å². The molecule has 2 N–H and O–H groups in total. The van der Waals surface area contributed by atoms with E-state index in [-0.39, 0.29) is 0 Å². The van der Waals surface area contributed by atoms with Gasteiger partial charge in [0.15, 0.2) is 0 Å². The number of rotatable bonds is 4. The molecule has 0 spiro atoms. The smallest absolute Gasteiger partial charge is 0.121 e. The molecule has 2 rings (SSSR count). The topological polar surface area (TPSA) is 44.5 Å². The molecular formula is C14H14INO2. The number of halogens is 1. The van der Waals surface area contributed by atoms with Crippen molar-refractivity contribution in [3.05, 3.63) is 51.6 Å². The SMILES string of the molecule is COc1cc(N)cc(COc2ccc(I)cc2)c1. The standard InChI is InChI=1S/C14H14INO2/c1-17-14-7-10(6-12(16)8-14)9-18-13-4-2-11(15)3-5-13/h2-8H,9,16H2,1H3. The van der Waals surface area contributed by atoms with Gasteiger partial charge in [0, 0.05) is 15.3 Å². The summed E-state index contributed by atoms with van der Waals surface area (Å²) in [6, 6.07) is 13.5. The monoisotopic (exact) mass is 355 g/mol. The lowest BCUT2D eigenvalue weighted by Crippen LogP contribution is -1.98. The average Bonchev–Trinajstić information content (AvgIpc) is 2.37. The predicted octanol–water partition coefficient (Wildman–Crippen LogP) is 3.46. The van der Waals surface area contributed by atoms with Crippen molar-refractivity contribution < 1.29 is 9.47 Å². The minimum atomic E-state index is 0.474. The number of benzene rings is 2. The van der Waals surface area contributed by atoms with E-state index in [1.807, 2.05) is 36.4 Å². The maximum Gasteiger partial charge on any atom is 0.121 e. The lowest BCUT2D eigenvalue weighted by atomic mass is 10.2. The fourth-order valence-electron chi connectivity index (χ4n) is 1.58. The molecule has 0 radical (unpaired) electrons. The maximum atomic E-state index is 5.79. The molecular weight excluding hydrogens is 341 g/mol. The predicted molar refractivity (Wildman–Crippen MR) is 80.9 cm³/mol. The first-order valence-electron chi connectivity index (χ1n) is 5.49. The second kappa shape index (κ2) is 5.95. The lowest BCUT2D eigenvalue weighted by molar-refractivity contribution is 0.305. The van der Waals surface area contributed by atoms with E-state index in [1.165, 1.54) is 3.57 Å². The minimum Gasteiger partial charge on any atom is -0.497 e. The number of anilines is 1. The largest absolute Gasteiger partial charge is 0.497 e. The third-order valence-electron chi connectivity index (χ3n) is 2.44. The van der Waals surface area contributed by atoms with Crippen molar-refractivity contribution in [2.75, 3.05) is 12.8 Å². The first-order chi connectivity index (χ1) is 8.67. The van der Waals surface area contributed by atoms with E-state index in [1.54, 1.807) is 13.2 Å². The summed E-state index contributed by atoms with van der Waals surface area (Å²) in [5.74, 6) is 1.59. The van der Waals surface area contributed by atoms with Crippen molar-refractivity contribution in [2.45, 2.75) is 6.61 Å². The third kappa shape index (κ3) is 3.53. The highest BCUT2D eigenvalue weighted by Crippen LogP contribution is 2.20. The Balaban J connectivity index is 2.05. The highest BCUT2D eigenvalue weighted by Gasteiger charge is 2.01. The van der Waals surface area contributed by atoms with Gasteiger partial charge in [0.05, 0.1) is 7.11 Å². The van der Waals surface area contributed by atoms with Crippen molar-refractivity contribution in [1.82, 2.24) is 0 Å². The molecule has 0 bridgehead atoms. The zero-order chi connectivity index (χ0) is 13.0. The summed E-state index contributed by atoms with van der Waals surface area (Å²) in [5, 5.41) is 0. The summed E-state index contributed by atoms with van der Waals surface area (Å²) in [7, 11) is 1.62. The fourth-order valence-corrected chi connectivity index (χ4v) is 1.94. The molecule has 0 amide bonds. The Morgan fingerprint density at radius 1 is 1.06 bits per heavy atom. The molecule has 18 heavy (non-hydrogen) atoms. The van der Waals surface area contributed by atoms with Gasteiger partial charge in [0.2, 0.25) is 0 Å². The zero-order valence-corrected chi connectivity index (χ0v) is 12.2. The fraction of sp³-hybridized carbons (Fsp3) is 0.143. The number of hydrogen-bond acceptors (Lipinski definition) is 3. The Hall–Kier alpha value is -1.43. The number of hydrogen-bond donors (Lipinski definition) is 1. The van der Waals surface area contributed by atoms with Crippen LogP contribution in [0.2, 0.25) is 0 Å². The number of methoxy groups -OCH3 is 1. The van der Waals surface area contributed by atoms with Crippen molar-refractivity contribution >= 4 is 28.3 Å². The Morgan fingerprint density at radius 3 is 2.44 bits per heavy atom. The van der Waals surface area contributed by atoms with E-state index in [0.717, 1.165) is 17.1 Å². The van der Waals surface area contributed by atoms with E-state index >= 15 is 0 Å². The van der Waals surface area contributed by atoms with Gasteiger partial charge in [-0.3, -0.25) is 0 Å². The molecule has 0 unspecified atom stereocenters. The van der Waals surface area contributed by atoms with Crippen LogP contribution in [0.3, 0.4) is 0 Å². The zero-order valence-electron chi connectivity index (χ0n) is 10.0. The molecule has 3 nitrogen and oxygen atoms in total. The molecule has 0 saturated heterocycles. The van der Waals surface area contributed by atoms with Gasteiger partial charge in [-0.1, -0.05) is 0 Å². The van der Waals surface area contributed by atoms with Crippen molar-refractivity contribution in [2.24, 2.45) is 0 Å². The van der Waals surface area contributed by atoms with Gasteiger partial charge < -0.3 is 15.2 Å². The first-order valence-corrected chi connectivity index (χ1v) is 6.57. The molecule has 0 aromatic heterocycles. The molecule has 4 heteroatoms.